The Hall–Kier alpha value is -3.76. The van der Waals surface area contributed by atoms with Gasteiger partial charge in [-0.2, -0.15) is 5.10 Å². The molecule has 1 aromatic carbocycles. The monoisotopic (exact) mass is 564 g/mol. The van der Waals surface area contributed by atoms with Crippen molar-refractivity contribution in [1.82, 2.24) is 30.7 Å². The first-order valence-corrected chi connectivity index (χ1v) is 12.5. The summed E-state index contributed by atoms with van der Waals surface area (Å²) in [5.74, 6) is -2.94. The summed E-state index contributed by atoms with van der Waals surface area (Å²) in [5, 5.41) is 20.1. The Morgan fingerprint density at radius 3 is 2.58 bits per heavy atom. The molecule has 202 valence electrons. The molecule has 0 aliphatic carbocycles. The first kappa shape index (κ1) is 27.3. The molecule has 0 bridgehead atoms. The van der Waals surface area contributed by atoms with Gasteiger partial charge < -0.3 is 30.1 Å². The van der Waals surface area contributed by atoms with E-state index in [4.69, 9.17) is 21.7 Å². The fourth-order valence-electron chi connectivity index (χ4n) is 4.23. The lowest BCUT2D eigenvalue weighted by Crippen LogP contribution is -2.71. The summed E-state index contributed by atoms with van der Waals surface area (Å²) in [6.45, 7) is 3.31. The smallest absolute Gasteiger partial charge is 0.332 e. The Labute approximate surface area is 224 Å². The number of aromatic hydroxyl groups is 1. The molecule has 16 heteroatoms. The van der Waals surface area contributed by atoms with Crippen LogP contribution >= 0.6 is 24.0 Å². The number of carbonyl (C=O) groups is 4. The number of amides is 3. The maximum atomic E-state index is 13.4. The van der Waals surface area contributed by atoms with Gasteiger partial charge in [-0.15, -0.1) is 11.8 Å². The first-order chi connectivity index (χ1) is 17.9. The minimum Gasteiger partial charge on any atom is -0.508 e. The highest BCUT2D eigenvalue weighted by Crippen LogP contribution is 2.51. The van der Waals surface area contributed by atoms with Gasteiger partial charge in [-0.25, -0.2) is 4.79 Å². The van der Waals surface area contributed by atoms with Crippen LogP contribution in [0.5, 0.6) is 5.75 Å². The van der Waals surface area contributed by atoms with Gasteiger partial charge in [0.1, 0.15) is 29.2 Å². The summed E-state index contributed by atoms with van der Waals surface area (Å²) in [4.78, 5) is 67.6. The van der Waals surface area contributed by atoms with E-state index >= 15 is 0 Å². The lowest BCUT2D eigenvalue weighted by Gasteiger charge is -2.44. The Balaban J connectivity index is 1.55. The van der Waals surface area contributed by atoms with E-state index in [0.717, 1.165) is 0 Å². The number of benzene rings is 1. The number of β-lactam (4-membered cyclic amide) rings is 1. The highest BCUT2D eigenvalue weighted by atomic mass is 32.2. The van der Waals surface area contributed by atoms with Crippen LogP contribution in [0.4, 0.5) is 0 Å². The van der Waals surface area contributed by atoms with E-state index in [1.807, 2.05) is 0 Å². The second-order valence-corrected chi connectivity index (χ2v) is 11.1. The van der Waals surface area contributed by atoms with E-state index in [0.29, 0.717) is 0 Å². The third kappa shape index (κ3) is 5.14. The number of phenols is 1. The third-order valence-electron chi connectivity index (χ3n) is 5.97. The normalized spacial score (nSPS) is 22.1. The number of nitrogens with one attached hydrogen (secondary N) is 4. The maximum Gasteiger partial charge on any atom is 0.332 e. The van der Waals surface area contributed by atoms with Crippen molar-refractivity contribution in [3.63, 3.8) is 0 Å². The number of phenolic OH excluding ortho intramolecular Hbond substituents is 1. The van der Waals surface area contributed by atoms with Crippen molar-refractivity contribution < 1.29 is 33.8 Å². The number of hydrogen-bond acceptors (Lipinski definition) is 11. The standard InChI is InChI=1S/C22H24N6O8S2/c1-22(2)14(20(34)36-8-35-3)28-18(33)13(19(28)38-22)24-15(30)11(9-4-6-10(29)7-5-9)23-16(31)12-17(32)25-21(37)27-26-12/h4-7,11,13-14,19,29H,8H2,1-3H3,(H,23,31)(H,24,30)(H2,25,27,32,37)/t11?,13-,14+,19-/m1/s1. The fraction of sp³-hybridized carbons (Fsp3) is 0.409. The average molecular weight is 565 g/mol. The van der Waals surface area contributed by atoms with Crippen molar-refractivity contribution in [1.29, 1.82) is 0 Å². The van der Waals surface area contributed by atoms with E-state index in [1.54, 1.807) is 13.8 Å². The van der Waals surface area contributed by atoms with Gasteiger partial charge in [-0.3, -0.25) is 29.3 Å². The van der Waals surface area contributed by atoms with Gasteiger partial charge in [0.2, 0.25) is 17.5 Å². The summed E-state index contributed by atoms with van der Waals surface area (Å²) < 4.78 is 9.05. The van der Waals surface area contributed by atoms with E-state index in [1.165, 1.54) is 48.0 Å². The van der Waals surface area contributed by atoms with E-state index < -0.39 is 63.2 Å². The lowest BCUT2D eigenvalue weighted by molar-refractivity contribution is -0.170. The fourth-order valence-corrected chi connectivity index (χ4v) is 5.99. The summed E-state index contributed by atoms with van der Waals surface area (Å²) in [6.07, 6.45) is 0. The molecule has 1 aromatic heterocycles. The first-order valence-electron chi connectivity index (χ1n) is 11.2. The minimum atomic E-state index is -1.36. The number of hydrogen-bond donors (Lipinski definition) is 5. The minimum absolute atomic E-state index is 0.0752. The number of carbonyl (C=O) groups excluding carboxylic acids is 4. The second kappa shape index (κ2) is 10.5. The highest BCUT2D eigenvalue weighted by Gasteiger charge is 2.64. The number of H-pyrrole nitrogens is 2. The Kier molecular flexibility index (Phi) is 7.57. The molecule has 2 aliphatic rings. The van der Waals surface area contributed by atoms with Crippen molar-refractivity contribution in [2.45, 2.75) is 42.1 Å². The molecule has 0 spiro atoms. The molecule has 38 heavy (non-hydrogen) atoms. The number of thioether (sulfide) groups is 1. The van der Waals surface area contributed by atoms with Crippen LogP contribution < -0.4 is 16.2 Å². The number of methoxy groups -OCH3 is 1. The second-order valence-electron chi connectivity index (χ2n) is 8.97. The number of rotatable bonds is 8. The lowest BCUT2D eigenvalue weighted by atomic mass is 9.95. The summed E-state index contributed by atoms with van der Waals surface area (Å²) in [7, 11) is 1.37. The van der Waals surface area contributed by atoms with Gasteiger partial charge >= 0.3 is 5.97 Å². The van der Waals surface area contributed by atoms with Crippen LogP contribution in [0.3, 0.4) is 0 Å². The maximum absolute atomic E-state index is 13.4. The third-order valence-corrected chi connectivity index (χ3v) is 7.74. The van der Waals surface area contributed by atoms with Crippen LogP contribution in [0.15, 0.2) is 29.1 Å². The van der Waals surface area contributed by atoms with E-state index in [2.05, 4.69) is 25.8 Å². The molecule has 0 radical (unpaired) electrons. The SMILES string of the molecule is COCOC(=O)[C@@H]1N2C(=O)[C@@H](NC(=O)C(NC(=O)c3n[nH]c(=S)[nH]c3=O)c3ccc(O)cc3)[C@H]2SC1(C)C. The molecule has 2 fully saturated rings. The van der Waals surface area contributed by atoms with Crippen LogP contribution in [0, 0.1) is 4.77 Å². The molecule has 2 aliphatic heterocycles. The van der Waals surface area contributed by atoms with Gasteiger partial charge in [0.25, 0.3) is 11.5 Å². The van der Waals surface area contributed by atoms with Crippen LogP contribution in [-0.2, 0) is 23.9 Å². The zero-order valence-corrected chi connectivity index (χ0v) is 22.0. The van der Waals surface area contributed by atoms with Gasteiger partial charge in [0.05, 0.1) is 0 Å². The van der Waals surface area contributed by atoms with Crippen LogP contribution in [-0.4, -0.2) is 85.0 Å². The number of nitrogens with zero attached hydrogens (tertiary/aromatic N) is 2. The molecular formula is C22H24N6O8S2. The number of aromatic amines is 2. The Morgan fingerprint density at radius 2 is 1.95 bits per heavy atom. The molecule has 5 N–H and O–H groups in total. The molecule has 1 unspecified atom stereocenters. The van der Waals surface area contributed by atoms with Crippen molar-refractivity contribution in [3.05, 3.63) is 50.6 Å². The Bertz CT molecular complexity index is 1390. The topological polar surface area (TPSA) is 196 Å². The van der Waals surface area contributed by atoms with E-state index in [-0.39, 0.29) is 22.9 Å². The van der Waals surface area contributed by atoms with Gasteiger partial charge in [-0.05, 0) is 43.8 Å². The van der Waals surface area contributed by atoms with Crippen LogP contribution in [0.25, 0.3) is 0 Å². The zero-order valence-electron chi connectivity index (χ0n) is 20.3. The van der Waals surface area contributed by atoms with Crippen molar-refractivity contribution >= 4 is 47.7 Å². The van der Waals surface area contributed by atoms with Gasteiger partial charge in [0.15, 0.2) is 11.6 Å². The predicted octanol–water partition coefficient (Wildman–Crippen LogP) is -0.302. The zero-order chi connectivity index (χ0) is 27.8. The number of esters is 1. The predicted molar refractivity (Wildman–Crippen MR) is 134 cm³/mol. The molecule has 0 saturated carbocycles. The van der Waals surface area contributed by atoms with Crippen molar-refractivity contribution in [2.24, 2.45) is 0 Å². The van der Waals surface area contributed by atoms with Gasteiger partial charge in [-0.1, -0.05) is 12.1 Å². The highest BCUT2D eigenvalue weighted by molar-refractivity contribution is 8.01. The summed E-state index contributed by atoms with van der Waals surface area (Å²) >= 11 is 6.10. The molecule has 4 atom stereocenters. The molecule has 2 aromatic rings. The number of aromatic nitrogens is 3. The molecule has 3 amide bonds. The molecular weight excluding hydrogens is 540 g/mol. The van der Waals surface area contributed by atoms with Crippen molar-refractivity contribution in [2.75, 3.05) is 13.9 Å². The van der Waals surface area contributed by atoms with Crippen LogP contribution in [0.1, 0.15) is 35.9 Å². The number of ether oxygens (including phenoxy) is 2. The molecule has 2 saturated heterocycles. The van der Waals surface area contributed by atoms with Crippen LogP contribution in [0.2, 0.25) is 0 Å². The van der Waals surface area contributed by atoms with E-state index in [9.17, 15) is 29.1 Å². The largest absolute Gasteiger partial charge is 0.508 e. The quantitative estimate of drug-likeness (QED) is 0.122. The average Bonchev–Trinajstić information content (AvgIpc) is 3.12. The summed E-state index contributed by atoms with van der Waals surface area (Å²) in [5.41, 5.74) is -1.17. The van der Waals surface area contributed by atoms with Gasteiger partial charge in [0, 0.05) is 11.9 Å². The van der Waals surface area contributed by atoms with Crippen molar-refractivity contribution in [3.8, 4) is 5.75 Å². The number of fused-ring (bicyclic) bond motifs is 1. The summed E-state index contributed by atoms with van der Waals surface area (Å²) in [6, 6.07) is 2.19. The Morgan fingerprint density at radius 1 is 1.26 bits per heavy atom. The molecule has 3 heterocycles. The molecule has 4 rings (SSSR count). The molecule has 14 nitrogen and oxygen atoms in total.